The van der Waals surface area contributed by atoms with Gasteiger partial charge < -0.3 is 10.1 Å². The summed E-state index contributed by atoms with van der Waals surface area (Å²) in [5, 5.41) is 11.8. The van der Waals surface area contributed by atoms with E-state index in [4.69, 9.17) is 9.94 Å². The molecule has 7 heteroatoms. The molecule has 3 aromatic carbocycles. The Morgan fingerprint density at radius 3 is 2.16 bits per heavy atom. The fourth-order valence-corrected chi connectivity index (χ4v) is 5.00. The van der Waals surface area contributed by atoms with Crippen LogP contribution in [-0.4, -0.2) is 22.0 Å². The lowest BCUT2D eigenvalue weighted by atomic mass is 9.77. The van der Waals surface area contributed by atoms with Crippen LogP contribution in [0.2, 0.25) is 0 Å². The fourth-order valence-electron chi connectivity index (χ4n) is 5.00. The molecule has 0 saturated heterocycles. The molecule has 1 saturated carbocycles. The predicted molar refractivity (Wildman–Crippen MR) is 145 cm³/mol. The van der Waals surface area contributed by atoms with Crippen LogP contribution in [-0.2, 0) is 16.8 Å². The van der Waals surface area contributed by atoms with Gasteiger partial charge in [-0.25, -0.2) is 10.5 Å². The number of amides is 2. The molecule has 0 aliphatic heterocycles. The van der Waals surface area contributed by atoms with Gasteiger partial charge in [0.15, 0.2) is 0 Å². The second-order valence-corrected chi connectivity index (χ2v) is 9.50. The lowest BCUT2D eigenvalue weighted by Crippen LogP contribution is -2.38. The monoisotopic (exact) mass is 507 g/mol. The Bertz CT molecular complexity index is 1380. The third-order valence-electron chi connectivity index (χ3n) is 7.13. The molecular formula is C31H29N3O4. The van der Waals surface area contributed by atoms with Crippen molar-refractivity contribution in [2.45, 2.75) is 37.7 Å². The van der Waals surface area contributed by atoms with Gasteiger partial charge in [0, 0.05) is 29.1 Å². The van der Waals surface area contributed by atoms with Crippen LogP contribution in [0.15, 0.2) is 97.2 Å². The van der Waals surface area contributed by atoms with Crippen LogP contribution < -0.4 is 15.5 Å². The van der Waals surface area contributed by atoms with E-state index < -0.39 is 11.3 Å². The van der Waals surface area contributed by atoms with Crippen LogP contribution >= 0.6 is 0 Å². The molecule has 0 atom stereocenters. The lowest BCUT2D eigenvalue weighted by Gasteiger charge is -2.28. The van der Waals surface area contributed by atoms with E-state index in [0.29, 0.717) is 23.7 Å². The highest BCUT2D eigenvalue weighted by atomic mass is 16.5. The van der Waals surface area contributed by atoms with Crippen LogP contribution in [0.25, 0.3) is 11.1 Å². The molecule has 1 aromatic heterocycles. The predicted octanol–water partition coefficient (Wildman–Crippen LogP) is 5.90. The number of anilines is 1. The van der Waals surface area contributed by atoms with E-state index in [2.05, 4.69) is 10.3 Å². The van der Waals surface area contributed by atoms with Gasteiger partial charge >= 0.3 is 0 Å². The number of hydrogen-bond acceptors (Lipinski definition) is 5. The third kappa shape index (κ3) is 5.43. The Balaban J connectivity index is 1.28. The van der Waals surface area contributed by atoms with E-state index in [1.807, 2.05) is 66.7 Å². The van der Waals surface area contributed by atoms with E-state index >= 15 is 0 Å². The summed E-state index contributed by atoms with van der Waals surface area (Å²) in [5.74, 6) is -0.0794. The Morgan fingerprint density at radius 2 is 1.53 bits per heavy atom. The summed E-state index contributed by atoms with van der Waals surface area (Å²) >= 11 is 0. The summed E-state index contributed by atoms with van der Waals surface area (Å²) in [6.07, 6.45) is 5.32. The minimum atomic E-state index is -0.604. The zero-order valence-electron chi connectivity index (χ0n) is 20.9. The Morgan fingerprint density at radius 1 is 0.842 bits per heavy atom. The smallest absolute Gasteiger partial charge is 0.274 e. The van der Waals surface area contributed by atoms with E-state index in [-0.39, 0.29) is 5.91 Å². The first-order valence-electron chi connectivity index (χ1n) is 12.7. The number of aromatic nitrogens is 1. The van der Waals surface area contributed by atoms with Crippen LogP contribution in [0.3, 0.4) is 0 Å². The minimum absolute atomic E-state index is 0.0521. The lowest BCUT2D eigenvalue weighted by molar-refractivity contribution is -0.121. The quantitative estimate of drug-likeness (QED) is 0.204. The third-order valence-corrected chi connectivity index (χ3v) is 7.13. The van der Waals surface area contributed by atoms with Crippen molar-refractivity contribution >= 4 is 17.5 Å². The molecule has 4 aromatic rings. The minimum Gasteiger partial charge on any atom is -0.473 e. The van der Waals surface area contributed by atoms with Gasteiger partial charge in [0.25, 0.3) is 5.91 Å². The second kappa shape index (κ2) is 11.3. The first kappa shape index (κ1) is 25.2. The molecule has 3 N–H and O–H groups in total. The first-order valence-corrected chi connectivity index (χ1v) is 12.7. The van der Waals surface area contributed by atoms with Crippen molar-refractivity contribution in [3.8, 4) is 17.0 Å². The number of ether oxygens (including phenoxy) is 1. The topological polar surface area (TPSA) is 101 Å². The van der Waals surface area contributed by atoms with Gasteiger partial charge in [-0.3, -0.25) is 14.8 Å². The Kier molecular flexibility index (Phi) is 7.47. The number of hydroxylamine groups is 1. The molecular weight excluding hydrogens is 478 g/mol. The zero-order chi connectivity index (χ0) is 26.4. The van der Waals surface area contributed by atoms with Gasteiger partial charge in [0.05, 0.1) is 5.41 Å². The summed E-state index contributed by atoms with van der Waals surface area (Å²) in [4.78, 5) is 29.5. The summed E-state index contributed by atoms with van der Waals surface area (Å²) in [7, 11) is 0. The molecule has 0 bridgehead atoms. The Hall–Kier alpha value is -4.49. The largest absolute Gasteiger partial charge is 0.473 e. The van der Waals surface area contributed by atoms with Gasteiger partial charge in [0.1, 0.15) is 6.61 Å². The molecule has 1 aliphatic rings. The molecule has 1 fully saturated rings. The number of pyridine rings is 1. The number of nitrogens with zero attached hydrogens (tertiary/aromatic N) is 1. The van der Waals surface area contributed by atoms with Gasteiger partial charge in [-0.15, -0.1) is 0 Å². The summed E-state index contributed by atoms with van der Waals surface area (Å²) in [6.45, 7) is 0.466. The number of carbonyl (C=O) groups is 2. The van der Waals surface area contributed by atoms with Crippen molar-refractivity contribution < 1.29 is 19.5 Å². The Labute approximate surface area is 221 Å². The molecule has 192 valence electrons. The van der Waals surface area contributed by atoms with Crippen molar-refractivity contribution in [3.63, 3.8) is 0 Å². The number of carbonyl (C=O) groups excluding carboxylic acids is 2. The van der Waals surface area contributed by atoms with Crippen molar-refractivity contribution in [2.75, 3.05) is 5.32 Å². The zero-order valence-corrected chi connectivity index (χ0v) is 20.9. The normalized spacial score (nSPS) is 14.0. The van der Waals surface area contributed by atoms with Gasteiger partial charge in [-0.1, -0.05) is 67.4 Å². The van der Waals surface area contributed by atoms with Gasteiger partial charge in [-0.2, -0.15) is 0 Å². The van der Waals surface area contributed by atoms with Crippen molar-refractivity contribution in [1.29, 1.82) is 0 Å². The maximum Gasteiger partial charge on any atom is 0.274 e. The SMILES string of the molecule is O=C(NO)c1ccc(NC(=O)C2(c3ccc(-c4ccc(OCc5ccccc5)nc4)cc3)CCCC2)cc1. The van der Waals surface area contributed by atoms with Crippen molar-refractivity contribution in [3.05, 3.63) is 114 Å². The van der Waals surface area contributed by atoms with Crippen molar-refractivity contribution in [2.24, 2.45) is 0 Å². The van der Waals surface area contributed by atoms with Crippen molar-refractivity contribution in [1.82, 2.24) is 10.5 Å². The molecule has 0 radical (unpaired) electrons. The van der Waals surface area contributed by atoms with E-state index in [0.717, 1.165) is 47.9 Å². The molecule has 38 heavy (non-hydrogen) atoms. The maximum absolute atomic E-state index is 13.5. The van der Waals surface area contributed by atoms with E-state index in [1.165, 1.54) is 0 Å². The van der Waals surface area contributed by atoms with Crippen LogP contribution in [0, 0.1) is 0 Å². The average molecular weight is 508 g/mol. The molecule has 0 spiro atoms. The number of benzene rings is 3. The summed E-state index contributed by atoms with van der Waals surface area (Å²) in [5.41, 5.74) is 5.98. The molecule has 2 amide bonds. The van der Waals surface area contributed by atoms with E-state index in [1.54, 1.807) is 35.9 Å². The summed E-state index contributed by atoms with van der Waals surface area (Å²) < 4.78 is 5.80. The fraction of sp³-hybridized carbons (Fsp3) is 0.194. The molecule has 0 unspecified atom stereocenters. The number of nitrogens with one attached hydrogen (secondary N) is 2. The first-order chi connectivity index (χ1) is 18.6. The maximum atomic E-state index is 13.5. The summed E-state index contributed by atoms with van der Waals surface area (Å²) in [6, 6.07) is 28.4. The standard InChI is InChI=1S/C31H29N3O4/c35-29(34-37)24-10-15-27(16-11-24)33-30(36)31(18-4-5-19-31)26-13-8-23(9-14-26)25-12-17-28(32-20-25)38-21-22-6-2-1-3-7-22/h1-3,6-17,20,37H,4-5,18-19,21H2,(H,33,36)(H,34,35). The van der Waals surface area contributed by atoms with Crippen LogP contribution in [0.5, 0.6) is 5.88 Å². The highest BCUT2D eigenvalue weighted by Crippen LogP contribution is 2.42. The molecule has 1 heterocycles. The second-order valence-electron chi connectivity index (χ2n) is 9.50. The average Bonchev–Trinajstić information content (AvgIpc) is 3.49. The highest BCUT2D eigenvalue weighted by molar-refractivity contribution is 6.00. The molecule has 7 nitrogen and oxygen atoms in total. The molecule has 5 rings (SSSR count). The number of rotatable bonds is 8. The molecule has 1 aliphatic carbocycles. The van der Waals surface area contributed by atoms with Crippen LogP contribution in [0.1, 0.15) is 47.2 Å². The van der Waals surface area contributed by atoms with Crippen LogP contribution in [0.4, 0.5) is 5.69 Å². The van der Waals surface area contributed by atoms with E-state index in [9.17, 15) is 9.59 Å². The number of hydrogen-bond donors (Lipinski definition) is 3. The van der Waals surface area contributed by atoms with Gasteiger partial charge in [0.2, 0.25) is 11.8 Å². The highest BCUT2D eigenvalue weighted by Gasteiger charge is 2.42. The van der Waals surface area contributed by atoms with Gasteiger partial charge in [-0.05, 0) is 59.9 Å².